The summed E-state index contributed by atoms with van der Waals surface area (Å²) in [7, 11) is -3.83. The number of nitrogens with zero attached hydrogens (tertiary/aromatic N) is 2. The number of rotatable bonds is 6. The molecule has 1 fully saturated rings. The normalized spacial score (nSPS) is 14.6. The Morgan fingerprint density at radius 2 is 2.00 bits per heavy atom. The first-order valence-corrected chi connectivity index (χ1v) is 9.59. The van der Waals surface area contributed by atoms with Crippen molar-refractivity contribution in [2.75, 3.05) is 4.72 Å². The molecule has 4 rings (SSSR count). The maximum atomic E-state index is 12.5. The molecule has 1 N–H and O–H groups in total. The van der Waals surface area contributed by atoms with Crippen LogP contribution in [0.3, 0.4) is 0 Å². The van der Waals surface area contributed by atoms with E-state index in [9.17, 15) is 8.42 Å². The molecule has 2 heterocycles. The average molecular weight is 359 g/mol. The van der Waals surface area contributed by atoms with Crippen molar-refractivity contribution in [3.63, 3.8) is 0 Å². The van der Waals surface area contributed by atoms with E-state index < -0.39 is 10.0 Å². The molecule has 1 aliphatic rings. The molecule has 0 unspecified atom stereocenters. The van der Waals surface area contributed by atoms with Gasteiger partial charge in [0.25, 0.3) is 15.9 Å². The smallest absolute Gasteiger partial charge is 0.295 e. The second-order valence-electron chi connectivity index (χ2n) is 6.00. The minimum atomic E-state index is -3.83. The Labute approximate surface area is 145 Å². The molecule has 130 valence electrons. The highest BCUT2D eigenvalue weighted by Gasteiger charge is 2.30. The minimum Gasteiger partial charge on any atom is -0.438 e. The molecular formula is C17H17N3O4S. The first kappa shape index (κ1) is 15.9. The van der Waals surface area contributed by atoms with Gasteiger partial charge in [0.15, 0.2) is 5.76 Å². The van der Waals surface area contributed by atoms with Crippen LogP contribution in [0, 0.1) is 0 Å². The van der Waals surface area contributed by atoms with Crippen molar-refractivity contribution < 1.29 is 17.3 Å². The van der Waals surface area contributed by atoms with Gasteiger partial charge in [-0.1, -0.05) is 19.1 Å². The predicted molar refractivity (Wildman–Crippen MR) is 90.6 cm³/mol. The van der Waals surface area contributed by atoms with Gasteiger partial charge in [-0.3, -0.25) is 4.72 Å². The zero-order chi connectivity index (χ0) is 17.4. The van der Waals surface area contributed by atoms with E-state index in [1.54, 1.807) is 12.1 Å². The number of benzene rings is 1. The SMILES string of the molecule is CCc1cccc(NS(=O)(=O)c2ccc(-c3nnc(C4CC4)o3)o2)c1. The van der Waals surface area contributed by atoms with Crippen LogP contribution in [-0.4, -0.2) is 18.6 Å². The van der Waals surface area contributed by atoms with Gasteiger partial charge < -0.3 is 8.83 Å². The quantitative estimate of drug-likeness (QED) is 0.722. The molecule has 0 saturated heterocycles. The van der Waals surface area contributed by atoms with Crippen LogP contribution in [0.2, 0.25) is 0 Å². The molecular weight excluding hydrogens is 342 g/mol. The van der Waals surface area contributed by atoms with Crippen LogP contribution < -0.4 is 4.72 Å². The largest absolute Gasteiger partial charge is 0.438 e. The number of anilines is 1. The van der Waals surface area contributed by atoms with E-state index in [1.807, 2.05) is 19.1 Å². The standard InChI is InChI=1S/C17H17N3O4S/c1-2-11-4-3-5-13(10-11)20-25(21,22)15-9-8-14(23-15)17-19-18-16(24-17)12-6-7-12/h3-5,8-10,12,20H,2,6-7H2,1H3. The van der Waals surface area contributed by atoms with Crippen molar-refractivity contribution in [1.82, 2.24) is 10.2 Å². The third-order valence-corrected chi connectivity index (χ3v) is 5.27. The van der Waals surface area contributed by atoms with Gasteiger partial charge in [0.2, 0.25) is 11.0 Å². The van der Waals surface area contributed by atoms with E-state index >= 15 is 0 Å². The Morgan fingerprint density at radius 3 is 2.76 bits per heavy atom. The van der Waals surface area contributed by atoms with Crippen LogP contribution in [0.15, 0.2) is 50.3 Å². The van der Waals surface area contributed by atoms with E-state index in [0.717, 1.165) is 24.8 Å². The van der Waals surface area contributed by atoms with Crippen LogP contribution in [-0.2, 0) is 16.4 Å². The fourth-order valence-electron chi connectivity index (χ4n) is 2.47. The van der Waals surface area contributed by atoms with E-state index in [-0.39, 0.29) is 16.7 Å². The molecule has 7 nitrogen and oxygen atoms in total. The zero-order valence-corrected chi connectivity index (χ0v) is 14.4. The second kappa shape index (κ2) is 6.03. The number of furan rings is 1. The molecule has 25 heavy (non-hydrogen) atoms. The monoisotopic (exact) mass is 359 g/mol. The highest BCUT2D eigenvalue weighted by Crippen LogP contribution is 2.40. The number of hydrogen-bond acceptors (Lipinski definition) is 6. The Kier molecular flexibility index (Phi) is 3.84. The lowest BCUT2D eigenvalue weighted by Gasteiger charge is -2.06. The molecule has 1 aromatic carbocycles. The van der Waals surface area contributed by atoms with Crippen LogP contribution >= 0.6 is 0 Å². The minimum absolute atomic E-state index is 0.191. The Morgan fingerprint density at radius 1 is 1.16 bits per heavy atom. The summed E-state index contributed by atoms with van der Waals surface area (Å²) in [4.78, 5) is 0. The fourth-order valence-corrected chi connectivity index (χ4v) is 3.45. The maximum absolute atomic E-state index is 12.5. The summed E-state index contributed by atoms with van der Waals surface area (Å²) >= 11 is 0. The van der Waals surface area contributed by atoms with E-state index in [2.05, 4.69) is 14.9 Å². The first-order chi connectivity index (χ1) is 12.0. The third-order valence-electron chi connectivity index (χ3n) is 4.01. The lowest BCUT2D eigenvalue weighted by Crippen LogP contribution is -2.12. The molecule has 8 heteroatoms. The van der Waals surface area contributed by atoms with Crippen molar-refractivity contribution in [3.8, 4) is 11.7 Å². The fraction of sp³-hybridized carbons (Fsp3) is 0.294. The van der Waals surface area contributed by atoms with Crippen LogP contribution in [0.5, 0.6) is 0 Å². The number of aromatic nitrogens is 2. The Hall–Kier alpha value is -2.61. The molecule has 0 atom stereocenters. The van der Waals surface area contributed by atoms with Crippen molar-refractivity contribution in [1.29, 1.82) is 0 Å². The molecule has 1 aliphatic carbocycles. The van der Waals surface area contributed by atoms with Gasteiger partial charge in [0, 0.05) is 11.6 Å². The molecule has 0 spiro atoms. The number of hydrogen-bond donors (Lipinski definition) is 1. The Bertz CT molecular complexity index is 1000. The van der Waals surface area contributed by atoms with E-state index in [4.69, 9.17) is 8.83 Å². The molecule has 0 bridgehead atoms. The maximum Gasteiger partial charge on any atom is 0.295 e. The summed E-state index contributed by atoms with van der Waals surface area (Å²) in [6, 6.07) is 10.1. The third kappa shape index (κ3) is 3.30. The summed E-state index contributed by atoms with van der Waals surface area (Å²) in [6.45, 7) is 2.01. The number of nitrogens with one attached hydrogen (secondary N) is 1. The van der Waals surface area contributed by atoms with Gasteiger partial charge in [-0.2, -0.15) is 8.42 Å². The summed E-state index contributed by atoms with van der Waals surface area (Å²) in [5.41, 5.74) is 1.53. The number of aryl methyl sites for hydroxylation is 1. The van der Waals surface area contributed by atoms with E-state index in [0.29, 0.717) is 17.5 Å². The zero-order valence-electron chi connectivity index (χ0n) is 13.6. The van der Waals surface area contributed by atoms with Gasteiger partial charge in [-0.25, -0.2) is 0 Å². The molecule has 3 aromatic rings. The van der Waals surface area contributed by atoms with Crippen LogP contribution in [0.4, 0.5) is 5.69 Å². The second-order valence-corrected chi connectivity index (χ2v) is 7.61. The van der Waals surface area contributed by atoms with Crippen molar-refractivity contribution >= 4 is 15.7 Å². The number of sulfonamides is 1. The van der Waals surface area contributed by atoms with E-state index in [1.165, 1.54) is 12.1 Å². The van der Waals surface area contributed by atoms with Crippen molar-refractivity contribution in [2.24, 2.45) is 0 Å². The summed E-state index contributed by atoms with van der Waals surface area (Å²) in [5, 5.41) is 7.70. The highest BCUT2D eigenvalue weighted by atomic mass is 32.2. The van der Waals surface area contributed by atoms with Crippen molar-refractivity contribution in [3.05, 3.63) is 47.9 Å². The molecule has 0 radical (unpaired) electrons. The molecule has 0 aliphatic heterocycles. The summed E-state index contributed by atoms with van der Waals surface area (Å²) < 4.78 is 38.5. The van der Waals surface area contributed by atoms with Gasteiger partial charge in [-0.15, -0.1) is 10.2 Å². The van der Waals surface area contributed by atoms with Gasteiger partial charge in [0.1, 0.15) is 0 Å². The van der Waals surface area contributed by atoms with Gasteiger partial charge >= 0.3 is 0 Å². The first-order valence-electron chi connectivity index (χ1n) is 8.10. The topological polar surface area (TPSA) is 98.2 Å². The summed E-state index contributed by atoms with van der Waals surface area (Å²) in [5.74, 6) is 1.33. The van der Waals surface area contributed by atoms with Gasteiger partial charge in [0.05, 0.1) is 0 Å². The molecule has 1 saturated carbocycles. The summed E-state index contributed by atoms with van der Waals surface area (Å²) in [6.07, 6.45) is 2.90. The molecule has 0 amide bonds. The van der Waals surface area contributed by atoms with Gasteiger partial charge in [-0.05, 0) is 49.1 Å². The molecule has 2 aromatic heterocycles. The average Bonchev–Trinajstić information content (AvgIpc) is 3.12. The predicted octanol–water partition coefficient (Wildman–Crippen LogP) is 3.57. The highest BCUT2D eigenvalue weighted by molar-refractivity contribution is 7.92. The Balaban J connectivity index is 1.56. The van der Waals surface area contributed by atoms with Crippen molar-refractivity contribution in [2.45, 2.75) is 37.2 Å². The van der Waals surface area contributed by atoms with Crippen LogP contribution in [0.1, 0.15) is 37.1 Å². The van der Waals surface area contributed by atoms with Crippen LogP contribution in [0.25, 0.3) is 11.7 Å². The lowest BCUT2D eigenvalue weighted by atomic mass is 10.1. The lowest BCUT2D eigenvalue weighted by molar-refractivity contribution is 0.435.